The van der Waals surface area contributed by atoms with Crippen molar-refractivity contribution in [3.8, 4) is 39.4 Å². The number of nitrogens with one attached hydrogen (secondary N) is 1. The van der Waals surface area contributed by atoms with Gasteiger partial charge in [0, 0.05) is 42.8 Å². The van der Waals surface area contributed by atoms with Crippen LogP contribution in [0.15, 0.2) is 110 Å². The molecule has 0 saturated heterocycles. The monoisotopic (exact) mass is 501 g/mol. The van der Waals surface area contributed by atoms with E-state index < -0.39 is 0 Å². The predicted molar refractivity (Wildman–Crippen MR) is 154 cm³/mol. The summed E-state index contributed by atoms with van der Waals surface area (Å²) in [5, 5.41) is 3.48. The van der Waals surface area contributed by atoms with Gasteiger partial charge in [-0.05, 0) is 73.3 Å². The summed E-state index contributed by atoms with van der Waals surface area (Å²) < 4.78 is 5.95. The summed E-state index contributed by atoms with van der Waals surface area (Å²) in [6.07, 6.45) is 5.56. The third kappa shape index (κ3) is 6.60. The van der Waals surface area contributed by atoms with E-state index >= 15 is 0 Å². The molecule has 2 aromatic carbocycles. The first kappa shape index (κ1) is 25.1. The van der Waals surface area contributed by atoms with Crippen molar-refractivity contribution in [2.45, 2.75) is 6.54 Å². The Bertz CT molecular complexity index is 1470. The molecule has 1 N–H and O–H groups in total. The molecule has 3 heterocycles. The molecule has 0 aliphatic heterocycles. The highest BCUT2D eigenvalue weighted by Gasteiger charge is 2.10. The lowest BCUT2D eigenvalue weighted by molar-refractivity contribution is 0.261. The van der Waals surface area contributed by atoms with Crippen LogP contribution in [0.3, 0.4) is 0 Å². The van der Waals surface area contributed by atoms with E-state index in [1.54, 1.807) is 6.20 Å². The topological polar surface area (TPSA) is 63.2 Å². The Hall–Kier alpha value is -4.55. The fourth-order valence-corrected chi connectivity index (χ4v) is 4.09. The van der Waals surface area contributed by atoms with Crippen LogP contribution in [0.1, 0.15) is 5.56 Å². The zero-order valence-electron chi connectivity index (χ0n) is 21.7. The molecule has 0 radical (unpaired) electrons. The molecule has 0 aliphatic rings. The molecule has 5 rings (SSSR count). The minimum Gasteiger partial charge on any atom is -0.492 e. The van der Waals surface area contributed by atoms with Gasteiger partial charge < -0.3 is 15.0 Å². The first-order chi connectivity index (χ1) is 18.6. The fraction of sp³-hybridized carbons (Fsp3) is 0.156. The normalized spacial score (nSPS) is 10.9. The maximum absolute atomic E-state index is 5.95. The first-order valence-electron chi connectivity index (χ1n) is 12.7. The van der Waals surface area contributed by atoms with Gasteiger partial charge in [0.2, 0.25) is 0 Å². The van der Waals surface area contributed by atoms with Gasteiger partial charge in [-0.1, -0.05) is 48.5 Å². The van der Waals surface area contributed by atoms with Crippen LogP contribution in [0, 0.1) is 0 Å². The van der Waals surface area contributed by atoms with Gasteiger partial charge in [-0.2, -0.15) is 0 Å². The van der Waals surface area contributed by atoms with E-state index in [0.717, 1.165) is 51.8 Å². The molecule has 0 saturated carbocycles. The van der Waals surface area contributed by atoms with Crippen molar-refractivity contribution < 1.29 is 4.74 Å². The van der Waals surface area contributed by atoms with Crippen molar-refractivity contribution in [2.75, 3.05) is 32.6 Å². The highest BCUT2D eigenvalue weighted by molar-refractivity contribution is 5.76. The van der Waals surface area contributed by atoms with Crippen molar-refractivity contribution >= 4 is 5.82 Å². The Balaban J connectivity index is 1.45. The lowest BCUT2D eigenvalue weighted by Crippen LogP contribution is -2.19. The summed E-state index contributed by atoms with van der Waals surface area (Å²) in [5.41, 5.74) is 6.92. The molecular weight excluding hydrogens is 470 g/mol. The number of aromatic nitrogens is 3. The van der Waals surface area contributed by atoms with E-state index in [1.807, 2.05) is 75.0 Å². The van der Waals surface area contributed by atoms with Crippen LogP contribution in [0.4, 0.5) is 5.82 Å². The van der Waals surface area contributed by atoms with Crippen LogP contribution >= 0.6 is 0 Å². The molecule has 0 bridgehead atoms. The van der Waals surface area contributed by atoms with Gasteiger partial charge >= 0.3 is 0 Å². The predicted octanol–water partition coefficient (Wildman–Crippen LogP) is 6.43. The van der Waals surface area contributed by atoms with E-state index in [2.05, 4.69) is 62.6 Å². The molecule has 3 aromatic heterocycles. The maximum Gasteiger partial charge on any atom is 0.127 e. The van der Waals surface area contributed by atoms with Crippen LogP contribution in [-0.4, -0.2) is 47.1 Å². The fourth-order valence-electron chi connectivity index (χ4n) is 4.09. The van der Waals surface area contributed by atoms with Crippen LogP contribution in [0.2, 0.25) is 0 Å². The van der Waals surface area contributed by atoms with E-state index in [9.17, 15) is 0 Å². The molecule has 0 atom stereocenters. The molecule has 0 unspecified atom stereocenters. The first-order valence-corrected chi connectivity index (χ1v) is 12.7. The number of pyridine rings is 3. The molecule has 0 amide bonds. The smallest absolute Gasteiger partial charge is 0.127 e. The highest BCUT2D eigenvalue weighted by Crippen LogP contribution is 2.31. The maximum atomic E-state index is 5.95. The van der Waals surface area contributed by atoms with E-state index in [4.69, 9.17) is 9.72 Å². The Morgan fingerprint density at radius 3 is 2.34 bits per heavy atom. The van der Waals surface area contributed by atoms with Crippen LogP contribution < -0.4 is 10.1 Å². The molecule has 38 heavy (non-hydrogen) atoms. The Morgan fingerprint density at radius 1 is 0.737 bits per heavy atom. The molecule has 6 nitrogen and oxygen atoms in total. The van der Waals surface area contributed by atoms with Crippen LogP contribution in [0.25, 0.3) is 33.6 Å². The molecule has 6 heteroatoms. The summed E-state index contributed by atoms with van der Waals surface area (Å²) in [5.74, 6) is 1.64. The zero-order chi connectivity index (χ0) is 26.2. The van der Waals surface area contributed by atoms with Gasteiger partial charge in [-0.15, -0.1) is 0 Å². The van der Waals surface area contributed by atoms with Gasteiger partial charge in [-0.3, -0.25) is 9.97 Å². The Labute approximate surface area is 224 Å². The SMILES string of the molecule is CN(C)CCOc1cccc(-c2cncc(-c3cc(NCc4ccccc4)nc(-c4ccccn4)c3)c2)c1. The average Bonchev–Trinajstić information content (AvgIpc) is 2.97. The Morgan fingerprint density at radius 2 is 1.55 bits per heavy atom. The van der Waals surface area contributed by atoms with Gasteiger partial charge in [-0.25, -0.2) is 4.98 Å². The minimum absolute atomic E-state index is 0.640. The third-order valence-electron chi connectivity index (χ3n) is 6.12. The standard InChI is InChI=1S/C32H31N5O/c1-37(2)15-16-38-29-12-8-11-25(18-29)27-17-28(23-33-22-27)26-19-31(30-13-6-7-14-34-30)36-32(20-26)35-21-24-9-4-3-5-10-24/h3-14,17-20,22-23H,15-16,21H2,1-2H3,(H,35,36). The number of nitrogens with zero attached hydrogens (tertiary/aromatic N) is 4. The van der Waals surface area contributed by atoms with Crippen molar-refractivity contribution in [2.24, 2.45) is 0 Å². The highest BCUT2D eigenvalue weighted by atomic mass is 16.5. The van der Waals surface area contributed by atoms with Gasteiger partial charge in [0.25, 0.3) is 0 Å². The van der Waals surface area contributed by atoms with E-state index in [-0.39, 0.29) is 0 Å². The van der Waals surface area contributed by atoms with Crippen molar-refractivity contribution in [3.63, 3.8) is 0 Å². The summed E-state index contributed by atoms with van der Waals surface area (Å²) in [7, 11) is 4.08. The molecule has 5 aromatic rings. The van der Waals surface area contributed by atoms with Crippen molar-refractivity contribution in [1.82, 2.24) is 19.9 Å². The van der Waals surface area contributed by atoms with E-state index in [1.165, 1.54) is 5.56 Å². The summed E-state index contributed by atoms with van der Waals surface area (Å²) in [6.45, 7) is 2.18. The molecular formula is C32H31N5O. The van der Waals surface area contributed by atoms with Gasteiger partial charge in [0.15, 0.2) is 0 Å². The summed E-state index contributed by atoms with van der Waals surface area (Å²) >= 11 is 0. The molecule has 0 spiro atoms. The quantitative estimate of drug-likeness (QED) is 0.238. The Kier molecular flexibility index (Phi) is 8.01. The number of ether oxygens (including phenoxy) is 1. The third-order valence-corrected chi connectivity index (χ3v) is 6.12. The number of anilines is 1. The second kappa shape index (κ2) is 12.1. The van der Waals surface area contributed by atoms with Crippen LogP contribution in [-0.2, 0) is 6.54 Å². The van der Waals surface area contributed by atoms with E-state index in [0.29, 0.717) is 13.2 Å². The van der Waals surface area contributed by atoms with Crippen LogP contribution in [0.5, 0.6) is 5.75 Å². The summed E-state index contributed by atoms with van der Waals surface area (Å²) in [4.78, 5) is 16.1. The number of rotatable bonds is 10. The second-order valence-electron chi connectivity index (χ2n) is 9.32. The number of hydrogen-bond donors (Lipinski definition) is 1. The summed E-state index contributed by atoms with van der Waals surface area (Å²) in [6, 6.07) is 30.6. The zero-order valence-corrected chi connectivity index (χ0v) is 21.7. The van der Waals surface area contributed by atoms with Gasteiger partial charge in [0.05, 0.1) is 11.4 Å². The minimum atomic E-state index is 0.640. The second-order valence-corrected chi connectivity index (χ2v) is 9.32. The van der Waals surface area contributed by atoms with Crippen molar-refractivity contribution in [3.05, 3.63) is 115 Å². The number of hydrogen-bond acceptors (Lipinski definition) is 6. The molecule has 190 valence electrons. The largest absolute Gasteiger partial charge is 0.492 e. The molecule has 0 fully saturated rings. The lowest BCUT2D eigenvalue weighted by atomic mass is 10.0. The molecule has 0 aliphatic carbocycles. The number of benzene rings is 2. The van der Waals surface area contributed by atoms with Crippen molar-refractivity contribution in [1.29, 1.82) is 0 Å². The average molecular weight is 502 g/mol. The lowest BCUT2D eigenvalue weighted by Gasteiger charge is -2.13. The number of likely N-dealkylation sites (N-methyl/N-ethyl adjacent to an activating group) is 1. The van der Waals surface area contributed by atoms with Gasteiger partial charge in [0.1, 0.15) is 18.2 Å².